The second kappa shape index (κ2) is 7.65. The lowest BCUT2D eigenvalue weighted by molar-refractivity contribution is -0.384. The van der Waals surface area contributed by atoms with Gasteiger partial charge in [-0.05, 0) is 41.8 Å². The first-order chi connectivity index (χ1) is 13.0. The predicted octanol–water partition coefficient (Wildman–Crippen LogP) is 5.65. The molecule has 0 aliphatic heterocycles. The molecule has 0 aliphatic rings. The highest BCUT2D eigenvalue weighted by molar-refractivity contribution is 5.77. The molecule has 0 bridgehead atoms. The molecule has 0 saturated carbocycles. The van der Waals surface area contributed by atoms with Crippen LogP contribution in [0.1, 0.15) is 12.5 Å². The topological polar surface area (TPSA) is 108 Å². The fraction of sp³-hybridized carbons (Fsp3) is 0.100. The molecule has 3 aromatic rings. The lowest BCUT2D eigenvalue weighted by atomic mass is 9.99. The number of hydrogen-bond donors (Lipinski definition) is 2. The highest BCUT2D eigenvalue weighted by atomic mass is 16.6. The first-order valence-electron chi connectivity index (χ1n) is 8.30. The molecule has 0 radical (unpaired) electrons. The summed E-state index contributed by atoms with van der Waals surface area (Å²) in [5, 5.41) is 39.5. The summed E-state index contributed by atoms with van der Waals surface area (Å²) in [6.45, 7) is 1.87. The molecular weight excluding hydrogens is 346 g/mol. The van der Waals surface area contributed by atoms with Crippen LogP contribution in [0.2, 0.25) is 0 Å². The maximum atomic E-state index is 11.5. The van der Waals surface area contributed by atoms with E-state index >= 15 is 0 Å². The van der Waals surface area contributed by atoms with Crippen LogP contribution < -0.4 is 0 Å². The zero-order valence-corrected chi connectivity index (χ0v) is 14.5. The minimum absolute atomic E-state index is 0.0125. The molecule has 3 aromatic carbocycles. The molecule has 7 nitrogen and oxygen atoms in total. The van der Waals surface area contributed by atoms with Gasteiger partial charge in [-0.3, -0.25) is 10.1 Å². The van der Waals surface area contributed by atoms with E-state index in [1.165, 1.54) is 18.2 Å². The van der Waals surface area contributed by atoms with Crippen LogP contribution in [0, 0.1) is 10.1 Å². The van der Waals surface area contributed by atoms with Gasteiger partial charge in [-0.1, -0.05) is 31.2 Å². The number of nitrogens with zero attached hydrogens (tertiary/aromatic N) is 3. The van der Waals surface area contributed by atoms with Crippen LogP contribution in [0.25, 0.3) is 11.1 Å². The number of nitro groups is 1. The molecule has 0 atom stereocenters. The third-order valence-corrected chi connectivity index (χ3v) is 4.09. The molecule has 0 unspecified atom stereocenters. The normalized spacial score (nSPS) is 11.0. The van der Waals surface area contributed by atoms with Gasteiger partial charge in [0, 0.05) is 17.7 Å². The quantitative estimate of drug-likeness (QED) is 0.347. The molecule has 0 spiro atoms. The van der Waals surface area contributed by atoms with Crippen molar-refractivity contribution in [3.05, 3.63) is 76.3 Å². The van der Waals surface area contributed by atoms with Crippen molar-refractivity contribution in [2.75, 3.05) is 0 Å². The number of benzene rings is 3. The summed E-state index contributed by atoms with van der Waals surface area (Å²) >= 11 is 0. The van der Waals surface area contributed by atoms with E-state index in [4.69, 9.17) is 0 Å². The lowest BCUT2D eigenvalue weighted by Crippen LogP contribution is -1.91. The van der Waals surface area contributed by atoms with E-state index in [0.717, 1.165) is 0 Å². The number of phenolic OH excluding ortho intramolecular Hbond substituents is 2. The zero-order valence-electron chi connectivity index (χ0n) is 14.5. The Bertz CT molecular complexity index is 1020. The third kappa shape index (κ3) is 3.92. The largest absolute Gasteiger partial charge is 0.508 e. The van der Waals surface area contributed by atoms with Crippen molar-refractivity contribution in [2.24, 2.45) is 10.2 Å². The van der Waals surface area contributed by atoms with Gasteiger partial charge in [0.15, 0.2) is 5.69 Å². The van der Waals surface area contributed by atoms with Crippen molar-refractivity contribution in [3.63, 3.8) is 0 Å². The molecule has 27 heavy (non-hydrogen) atoms. The van der Waals surface area contributed by atoms with E-state index in [9.17, 15) is 20.3 Å². The summed E-state index contributed by atoms with van der Waals surface area (Å²) < 4.78 is 0. The number of aromatic hydroxyl groups is 2. The Morgan fingerprint density at radius 2 is 1.70 bits per heavy atom. The maximum absolute atomic E-state index is 11.5. The Morgan fingerprint density at radius 3 is 2.37 bits per heavy atom. The molecular formula is C20H17N3O4. The van der Waals surface area contributed by atoms with Crippen LogP contribution >= 0.6 is 0 Å². The van der Waals surface area contributed by atoms with Gasteiger partial charge < -0.3 is 10.2 Å². The maximum Gasteiger partial charge on any atom is 0.297 e. The second-order valence-electron chi connectivity index (χ2n) is 5.85. The lowest BCUT2D eigenvalue weighted by Gasteiger charge is -2.09. The van der Waals surface area contributed by atoms with Crippen LogP contribution in [0.4, 0.5) is 17.1 Å². The van der Waals surface area contributed by atoms with Crippen molar-refractivity contribution >= 4 is 17.1 Å². The van der Waals surface area contributed by atoms with Crippen molar-refractivity contribution < 1.29 is 15.1 Å². The second-order valence-corrected chi connectivity index (χ2v) is 5.85. The average Bonchev–Trinajstić information content (AvgIpc) is 2.67. The summed E-state index contributed by atoms with van der Waals surface area (Å²) in [5.41, 5.74) is 1.96. The van der Waals surface area contributed by atoms with Gasteiger partial charge >= 0.3 is 0 Å². The van der Waals surface area contributed by atoms with Crippen LogP contribution in [-0.2, 0) is 6.42 Å². The van der Waals surface area contributed by atoms with Gasteiger partial charge in [0.1, 0.15) is 11.5 Å². The van der Waals surface area contributed by atoms with Gasteiger partial charge in [0.25, 0.3) is 5.69 Å². The Kier molecular flexibility index (Phi) is 5.12. The van der Waals surface area contributed by atoms with Crippen molar-refractivity contribution in [1.29, 1.82) is 0 Å². The molecule has 0 heterocycles. The van der Waals surface area contributed by atoms with Gasteiger partial charge in [0.05, 0.1) is 10.6 Å². The molecule has 7 heteroatoms. The van der Waals surface area contributed by atoms with Crippen molar-refractivity contribution in [1.82, 2.24) is 0 Å². The van der Waals surface area contributed by atoms with Crippen LogP contribution in [0.5, 0.6) is 11.5 Å². The summed E-state index contributed by atoms with van der Waals surface area (Å²) in [5.74, 6) is -0.167. The highest BCUT2D eigenvalue weighted by Gasteiger charge is 2.18. The van der Waals surface area contributed by atoms with E-state index in [1.807, 2.05) is 13.0 Å². The first kappa shape index (κ1) is 18.1. The monoisotopic (exact) mass is 363 g/mol. The minimum atomic E-state index is -0.541. The van der Waals surface area contributed by atoms with Crippen LogP contribution in [0.15, 0.2) is 70.9 Å². The number of rotatable bonds is 5. The standard InChI is InChI=1S/C20H17N3O4/c1-2-13-10-16(20(25)12-19(13)24)14-8-9-17(18(11-14)23(26)27)22-21-15-6-4-3-5-7-15/h3-12,24-25H,2H2,1H3. The SMILES string of the molecule is CCc1cc(-c2ccc(N=Nc3ccccc3)c([N+](=O)[O-])c2)c(O)cc1O. The van der Waals surface area contributed by atoms with E-state index in [0.29, 0.717) is 28.8 Å². The molecule has 2 N–H and O–H groups in total. The summed E-state index contributed by atoms with van der Waals surface area (Å²) in [7, 11) is 0. The molecule has 0 fully saturated rings. The number of phenols is 2. The van der Waals surface area contributed by atoms with Crippen LogP contribution in [0.3, 0.4) is 0 Å². The molecule has 0 amide bonds. The Morgan fingerprint density at radius 1 is 0.963 bits per heavy atom. The Hall–Kier alpha value is -3.74. The molecule has 3 rings (SSSR count). The predicted molar refractivity (Wildman–Crippen MR) is 102 cm³/mol. The van der Waals surface area contributed by atoms with Crippen molar-refractivity contribution in [2.45, 2.75) is 13.3 Å². The van der Waals surface area contributed by atoms with E-state index in [-0.39, 0.29) is 22.9 Å². The van der Waals surface area contributed by atoms with Gasteiger partial charge in [-0.15, -0.1) is 5.11 Å². The molecule has 0 aliphatic carbocycles. The average molecular weight is 363 g/mol. The molecule has 0 saturated heterocycles. The third-order valence-electron chi connectivity index (χ3n) is 4.09. The van der Waals surface area contributed by atoms with Gasteiger partial charge in [0.2, 0.25) is 0 Å². The zero-order chi connectivity index (χ0) is 19.4. The highest BCUT2D eigenvalue weighted by Crippen LogP contribution is 2.39. The summed E-state index contributed by atoms with van der Waals surface area (Å²) in [6.07, 6.45) is 0.560. The number of nitro benzene ring substituents is 1. The number of aryl methyl sites for hydroxylation is 1. The summed E-state index contributed by atoms with van der Waals surface area (Å²) in [6, 6.07) is 16.2. The Balaban J connectivity index is 2.04. The molecule has 136 valence electrons. The number of azo groups is 1. The van der Waals surface area contributed by atoms with E-state index in [2.05, 4.69) is 10.2 Å². The Labute approximate surface area is 155 Å². The molecule has 0 aromatic heterocycles. The van der Waals surface area contributed by atoms with Gasteiger partial charge in [-0.25, -0.2) is 0 Å². The van der Waals surface area contributed by atoms with Crippen LogP contribution in [-0.4, -0.2) is 15.1 Å². The fourth-order valence-electron chi connectivity index (χ4n) is 2.66. The van der Waals surface area contributed by atoms with Gasteiger partial charge in [-0.2, -0.15) is 5.11 Å². The van der Waals surface area contributed by atoms with E-state index in [1.54, 1.807) is 36.4 Å². The number of hydrogen-bond acceptors (Lipinski definition) is 6. The minimum Gasteiger partial charge on any atom is -0.508 e. The smallest absolute Gasteiger partial charge is 0.297 e. The fourth-order valence-corrected chi connectivity index (χ4v) is 2.66. The van der Waals surface area contributed by atoms with E-state index < -0.39 is 4.92 Å². The van der Waals surface area contributed by atoms with Crippen molar-refractivity contribution in [3.8, 4) is 22.6 Å². The first-order valence-corrected chi connectivity index (χ1v) is 8.30. The summed E-state index contributed by atoms with van der Waals surface area (Å²) in [4.78, 5) is 10.9.